The number of carboxylic acids is 18. The SMILES string of the molecule is CC(Cc1c[nH+]c[nH]1)C(=O)O.CC1(C)C(C(=O)O)C[C@@H]1C(=O)O.CC1(C)C(C(=O)O)C[C@@H]1C(=O)O.CC1(C)C(C(=O)[O-])C[C@@H]1C(=O)O.CC1(C)C(C(=O)[O-])C[C@@H]1C(=O)O.O=C(O)C1O[C@H]1C(=O)O.O=C(O)C1O[C@H]1C(=O)O.O=C(O)COC1CCC2CCCCC2C1.O=C([O-])C1O[C@H]1C(=O)O.O=C([O-])C1O[C@H]1C(=O)O. The molecule has 10 aliphatic rings. The number of ether oxygens (including phenoxy) is 5. The van der Waals surface area contributed by atoms with Gasteiger partial charge in [0.05, 0.1) is 59.5 Å². The van der Waals surface area contributed by atoms with Crippen LogP contribution in [0.15, 0.2) is 12.5 Å². The van der Waals surface area contributed by atoms with Gasteiger partial charge in [-0.25, -0.2) is 38.5 Å². The van der Waals surface area contributed by atoms with E-state index in [1.165, 1.54) is 32.1 Å². The number of hydrogen-bond donors (Lipinski definition) is 15. The van der Waals surface area contributed by atoms with Crippen LogP contribution in [0.3, 0.4) is 0 Å². The third-order valence-corrected chi connectivity index (χ3v) is 20.8. The lowest BCUT2D eigenvalue weighted by atomic mass is 9.55. The average Bonchev–Trinajstić information content (AvgIpc) is 1.51. The van der Waals surface area contributed by atoms with Crippen LogP contribution in [-0.4, -0.2) is 245 Å². The summed E-state index contributed by atoms with van der Waals surface area (Å²) in [5.74, 6) is -22.6. The molecule has 110 heavy (non-hydrogen) atoms. The number of aromatic nitrogens is 2. The number of aliphatic carboxylic acids is 18. The molecular weight excluding hydrogens is 1490 g/mol. The van der Waals surface area contributed by atoms with Crippen molar-refractivity contribution >= 4 is 107 Å². The summed E-state index contributed by atoms with van der Waals surface area (Å²) in [7, 11) is 0. The summed E-state index contributed by atoms with van der Waals surface area (Å²) in [6.07, 6.45) is 4.64. The molecule has 10 fully saturated rings. The van der Waals surface area contributed by atoms with Crippen molar-refractivity contribution in [1.82, 2.24) is 4.98 Å². The van der Waals surface area contributed by atoms with Crippen molar-refractivity contribution in [3.63, 3.8) is 0 Å². The summed E-state index contributed by atoms with van der Waals surface area (Å²) in [4.78, 5) is 190. The molecule has 43 nitrogen and oxygen atoms in total. The predicted octanol–water partition coefficient (Wildman–Crippen LogP) is -3.84. The van der Waals surface area contributed by atoms with Crippen molar-refractivity contribution in [2.45, 2.75) is 194 Å². The van der Waals surface area contributed by atoms with E-state index in [0.29, 0.717) is 6.42 Å². The Morgan fingerprint density at radius 3 is 0.864 bits per heavy atom. The zero-order chi connectivity index (χ0) is 85.1. The summed E-state index contributed by atoms with van der Waals surface area (Å²) in [5, 5.41) is 158. The maximum Gasteiger partial charge on any atom is 0.336 e. The second-order valence-electron chi connectivity index (χ2n) is 29.4. The van der Waals surface area contributed by atoms with Crippen LogP contribution in [0.2, 0.25) is 0 Å². The molecule has 43 heteroatoms. The van der Waals surface area contributed by atoms with Crippen LogP contribution in [0.1, 0.15) is 139 Å². The van der Waals surface area contributed by atoms with Gasteiger partial charge in [-0.2, -0.15) is 0 Å². The maximum atomic E-state index is 10.6. The van der Waals surface area contributed by atoms with Crippen LogP contribution in [0, 0.1) is 86.8 Å². The molecule has 16 N–H and O–H groups in total. The lowest BCUT2D eigenvalue weighted by molar-refractivity contribution is -0.376. The fourth-order valence-electron chi connectivity index (χ4n) is 13.0. The number of nitrogens with one attached hydrogen (secondary N) is 2. The molecule has 0 spiro atoms. The summed E-state index contributed by atoms with van der Waals surface area (Å²) >= 11 is 0. The molecule has 1 aromatic heterocycles. The Morgan fingerprint density at radius 1 is 0.391 bits per heavy atom. The first-order valence-electron chi connectivity index (χ1n) is 33.7. The van der Waals surface area contributed by atoms with E-state index in [1.54, 1.807) is 74.8 Å². The van der Waals surface area contributed by atoms with Crippen LogP contribution in [0.4, 0.5) is 0 Å². The summed E-state index contributed by atoms with van der Waals surface area (Å²) in [6, 6.07) is 0. The number of rotatable bonds is 22. The van der Waals surface area contributed by atoms with Crippen molar-refractivity contribution in [2.75, 3.05) is 6.61 Å². The Balaban J connectivity index is 0.000000417. The summed E-state index contributed by atoms with van der Waals surface area (Å²) in [6.45, 7) is 14.9. The van der Waals surface area contributed by atoms with Crippen LogP contribution in [0.25, 0.3) is 0 Å². The largest absolute Gasteiger partial charge is 0.550 e. The number of carboxylic acid groups (broad SMARTS) is 18. The normalized spacial score (nSPS) is 30.5. The minimum Gasteiger partial charge on any atom is -0.550 e. The van der Waals surface area contributed by atoms with Gasteiger partial charge in [-0.05, 0) is 78.4 Å². The van der Waals surface area contributed by atoms with Gasteiger partial charge >= 0.3 is 83.6 Å². The second-order valence-corrected chi connectivity index (χ2v) is 29.4. The zero-order valence-electron chi connectivity index (χ0n) is 60.7. The number of carbonyl (C=O) groups is 18. The van der Waals surface area contributed by atoms with Crippen LogP contribution in [-0.2, 0) is 116 Å². The summed E-state index contributed by atoms with van der Waals surface area (Å²) < 4.78 is 22.2. The number of carbonyl (C=O) groups excluding carboxylic acids is 4. The van der Waals surface area contributed by atoms with E-state index in [0.717, 1.165) is 30.4 Å². The van der Waals surface area contributed by atoms with E-state index in [-0.39, 0.29) is 44.3 Å². The lowest BCUT2D eigenvalue weighted by Crippen LogP contribution is -2.55. The average molecular weight is 1580 g/mol. The molecule has 12 unspecified atom stereocenters. The van der Waals surface area contributed by atoms with Crippen molar-refractivity contribution in [1.29, 1.82) is 0 Å². The molecule has 4 saturated heterocycles. The maximum absolute atomic E-state index is 10.6. The van der Waals surface area contributed by atoms with Gasteiger partial charge in [0.15, 0.2) is 36.6 Å². The molecule has 0 aromatic carbocycles. The molecule has 0 amide bonds. The highest BCUT2D eigenvalue weighted by molar-refractivity contribution is 5.90. The highest BCUT2D eigenvalue weighted by Gasteiger charge is 2.58. The molecule has 6 aliphatic carbocycles. The van der Waals surface area contributed by atoms with Gasteiger partial charge in [0.2, 0.25) is 6.33 Å². The van der Waals surface area contributed by atoms with Crippen LogP contribution >= 0.6 is 0 Å². The van der Waals surface area contributed by atoms with E-state index in [2.05, 4.69) is 28.9 Å². The third kappa shape index (κ3) is 27.5. The molecule has 0 radical (unpaired) electrons. The van der Waals surface area contributed by atoms with Crippen molar-refractivity contribution in [3.05, 3.63) is 18.2 Å². The lowest BCUT2D eigenvalue weighted by Gasteiger charge is -2.50. The van der Waals surface area contributed by atoms with Crippen LogP contribution in [0.5, 0.6) is 0 Å². The number of fused-ring (bicyclic) bond motifs is 1. The summed E-state index contributed by atoms with van der Waals surface area (Å²) in [5.41, 5.74) is -1.61. The molecule has 5 heterocycles. The van der Waals surface area contributed by atoms with Crippen molar-refractivity contribution in [3.8, 4) is 0 Å². The van der Waals surface area contributed by atoms with Gasteiger partial charge in [0.25, 0.3) is 0 Å². The molecule has 1 aromatic rings. The molecule has 20 atom stereocenters. The first-order chi connectivity index (χ1) is 50.4. The van der Waals surface area contributed by atoms with E-state index in [1.807, 2.05) is 0 Å². The third-order valence-electron chi connectivity index (χ3n) is 20.8. The van der Waals surface area contributed by atoms with Crippen LogP contribution < -0.4 is 25.4 Å². The number of aromatic amines is 2. The van der Waals surface area contributed by atoms with E-state index in [9.17, 15) is 107 Å². The Hall–Kier alpha value is -10.5. The standard InChI is InChI=1S/C12H20O3.4C8H12O4.C7H10N2O2.4C4H4O5/c13-12(14)8-15-11-6-5-9-3-1-2-4-10(9)7-11;4*1-8(2)4(6(9)10)3-5(8)7(11)12;1-5(7(10)11)2-6-3-8-4-9-6;4*5-3(6)1-2(9-1)4(7)8/h9-11H,1-8H2,(H,13,14);4*4-5H,3H2,1-2H3,(H,9,10)(H,11,12);3-5H,2H2,1H3,(H,8,9)(H,10,11);4*1-2H,(H,5,6)(H,7,8)/p-3/t;4*4-,5?;;4*1-,2?/m.1111.1111/s1. The molecular formula is C67H91N2O41-3. The highest BCUT2D eigenvalue weighted by atomic mass is 16.7. The topological polar surface area (TPSA) is 772 Å². The van der Waals surface area contributed by atoms with Crippen molar-refractivity contribution in [2.24, 2.45) is 86.8 Å². The predicted molar refractivity (Wildman–Crippen MR) is 342 cm³/mol. The fourth-order valence-corrected chi connectivity index (χ4v) is 13.0. The Morgan fingerprint density at radius 2 is 0.664 bits per heavy atom. The fraction of sp³-hybridized carbons (Fsp3) is 0.687. The Bertz CT molecular complexity index is 3030. The molecule has 4 aliphatic heterocycles. The number of epoxide rings is 4. The first-order valence-corrected chi connectivity index (χ1v) is 33.7. The number of imidazole rings is 1. The van der Waals surface area contributed by atoms with Gasteiger partial charge in [-0.1, -0.05) is 88.0 Å². The Kier molecular flexibility index (Phi) is 35.0. The monoisotopic (exact) mass is 1580 g/mol. The second kappa shape index (κ2) is 40.2. The van der Waals surface area contributed by atoms with E-state index >= 15 is 0 Å². The van der Waals surface area contributed by atoms with Gasteiger partial charge in [0, 0.05) is 30.2 Å². The van der Waals surface area contributed by atoms with Gasteiger partial charge < -0.3 is 135 Å². The molecule has 11 rings (SSSR count). The van der Waals surface area contributed by atoms with Gasteiger partial charge in [-0.15, -0.1) is 0 Å². The molecule has 6 saturated carbocycles. The zero-order valence-corrected chi connectivity index (χ0v) is 60.7. The number of H-pyrrole nitrogens is 2. The van der Waals surface area contributed by atoms with Gasteiger partial charge in [0.1, 0.15) is 30.7 Å². The van der Waals surface area contributed by atoms with Crippen molar-refractivity contribution < 1.29 is 207 Å². The highest BCUT2D eigenvalue weighted by Crippen LogP contribution is 2.54. The first kappa shape index (κ1) is 95.5. The number of hydrogen-bond acceptors (Lipinski definition) is 27. The smallest absolute Gasteiger partial charge is 0.336 e. The van der Waals surface area contributed by atoms with Gasteiger partial charge in [-0.3, -0.25) is 38.5 Å². The van der Waals surface area contributed by atoms with E-state index in [4.69, 9.17) is 76.2 Å². The molecule has 618 valence electrons. The molecule has 0 bridgehead atoms. The quantitative estimate of drug-likeness (QED) is 0.0495. The van der Waals surface area contributed by atoms with E-state index < -0.39 is 225 Å². The minimum absolute atomic E-state index is 0.123. The Labute approximate surface area is 623 Å². The minimum atomic E-state index is -1.47.